The number of unbranched alkanes of at least 4 members (excludes halogenated alkanes) is 2. The summed E-state index contributed by atoms with van der Waals surface area (Å²) in [7, 11) is 0. The first-order chi connectivity index (χ1) is 17.0. The summed E-state index contributed by atoms with van der Waals surface area (Å²) >= 11 is 0. The third-order valence-corrected chi connectivity index (χ3v) is 5.96. The van der Waals surface area contributed by atoms with E-state index in [2.05, 4.69) is 17.2 Å². The number of rotatable bonds is 12. The Kier molecular flexibility index (Phi) is 7.54. The summed E-state index contributed by atoms with van der Waals surface area (Å²) in [6, 6.07) is 12.1. The molecule has 1 unspecified atom stereocenters. The van der Waals surface area contributed by atoms with Gasteiger partial charge in [-0.05, 0) is 37.1 Å². The number of nitrogens with zero attached hydrogens (tertiary/aromatic N) is 3. The van der Waals surface area contributed by atoms with Gasteiger partial charge >= 0.3 is 5.97 Å². The molecule has 0 aliphatic heterocycles. The highest BCUT2D eigenvalue weighted by Crippen LogP contribution is 2.28. The molecular weight excluding hydrogens is 450 g/mol. The zero-order chi connectivity index (χ0) is 24.8. The fourth-order valence-corrected chi connectivity index (χ4v) is 3.95. The molecule has 4 aromatic rings. The SMILES string of the molecule is CCCCCOc1ccc2c(C(=O)CC(CCn3nnc4ccccc4c3=O)C(=O)O)coc2c1. The first-order valence-electron chi connectivity index (χ1n) is 11.7. The van der Waals surface area contributed by atoms with Crippen molar-refractivity contribution in [3.63, 3.8) is 0 Å². The number of carboxylic acids is 1. The van der Waals surface area contributed by atoms with Crippen LogP contribution in [0.3, 0.4) is 0 Å². The van der Waals surface area contributed by atoms with Crippen LogP contribution in [0.15, 0.2) is 57.9 Å². The van der Waals surface area contributed by atoms with E-state index in [0.717, 1.165) is 23.9 Å². The Morgan fingerprint density at radius 1 is 1.14 bits per heavy atom. The van der Waals surface area contributed by atoms with Gasteiger partial charge < -0.3 is 14.3 Å². The van der Waals surface area contributed by atoms with Gasteiger partial charge in [-0.1, -0.05) is 37.1 Å². The first kappa shape index (κ1) is 24.1. The molecule has 182 valence electrons. The lowest BCUT2D eigenvalue weighted by Crippen LogP contribution is -2.27. The van der Waals surface area contributed by atoms with E-state index < -0.39 is 11.9 Å². The second-order valence-corrected chi connectivity index (χ2v) is 8.45. The Morgan fingerprint density at radius 3 is 2.77 bits per heavy atom. The van der Waals surface area contributed by atoms with Crippen LogP contribution in [0.25, 0.3) is 21.9 Å². The van der Waals surface area contributed by atoms with Gasteiger partial charge in [-0.25, -0.2) is 4.68 Å². The van der Waals surface area contributed by atoms with Crippen LogP contribution < -0.4 is 10.3 Å². The highest BCUT2D eigenvalue weighted by Gasteiger charge is 2.25. The molecule has 9 heteroatoms. The van der Waals surface area contributed by atoms with Crippen LogP contribution in [-0.2, 0) is 11.3 Å². The molecule has 0 saturated carbocycles. The summed E-state index contributed by atoms with van der Waals surface area (Å²) in [5.41, 5.74) is 0.956. The van der Waals surface area contributed by atoms with Gasteiger partial charge in [-0.15, -0.1) is 5.10 Å². The number of benzene rings is 2. The summed E-state index contributed by atoms with van der Waals surface area (Å²) in [6.07, 6.45) is 4.34. The van der Waals surface area contributed by atoms with Crippen molar-refractivity contribution in [2.45, 2.75) is 45.6 Å². The Bertz CT molecular complexity index is 1410. The van der Waals surface area contributed by atoms with E-state index in [9.17, 15) is 19.5 Å². The van der Waals surface area contributed by atoms with Crippen LogP contribution in [0, 0.1) is 5.92 Å². The largest absolute Gasteiger partial charge is 0.493 e. The number of aliphatic carboxylic acids is 1. The maximum atomic E-state index is 13.0. The van der Waals surface area contributed by atoms with E-state index in [1.807, 2.05) is 0 Å². The molecule has 0 spiro atoms. The predicted molar refractivity (Wildman–Crippen MR) is 130 cm³/mol. The van der Waals surface area contributed by atoms with Gasteiger partial charge in [-0.2, -0.15) is 0 Å². The third kappa shape index (κ3) is 5.56. The van der Waals surface area contributed by atoms with Crippen molar-refractivity contribution in [2.24, 2.45) is 5.92 Å². The van der Waals surface area contributed by atoms with Gasteiger partial charge in [0.25, 0.3) is 5.56 Å². The fourth-order valence-electron chi connectivity index (χ4n) is 3.95. The van der Waals surface area contributed by atoms with Crippen molar-refractivity contribution in [2.75, 3.05) is 6.61 Å². The second kappa shape index (κ2) is 10.9. The molecule has 35 heavy (non-hydrogen) atoms. The number of carbonyl (C=O) groups excluding carboxylic acids is 1. The van der Waals surface area contributed by atoms with Gasteiger partial charge in [0.15, 0.2) is 5.78 Å². The fraction of sp³-hybridized carbons (Fsp3) is 0.346. The molecule has 4 rings (SSSR count). The molecular formula is C26H27N3O6. The molecule has 9 nitrogen and oxygen atoms in total. The molecule has 0 saturated heterocycles. The molecule has 0 aliphatic carbocycles. The molecule has 1 atom stereocenters. The summed E-state index contributed by atoms with van der Waals surface area (Å²) in [5, 5.41) is 18.6. The highest BCUT2D eigenvalue weighted by atomic mass is 16.5. The molecule has 0 fully saturated rings. The number of fused-ring (bicyclic) bond motifs is 2. The maximum Gasteiger partial charge on any atom is 0.307 e. The number of carboxylic acid groups (broad SMARTS) is 1. The lowest BCUT2D eigenvalue weighted by molar-refractivity contribution is -0.142. The van der Waals surface area contributed by atoms with Gasteiger partial charge in [0.05, 0.1) is 23.5 Å². The molecule has 0 radical (unpaired) electrons. The Labute approximate surface area is 201 Å². The summed E-state index contributed by atoms with van der Waals surface area (Å²) < 4.78 is 12.4. The average molecular weight is 478 g/mol. The van der Waals surface area contributed by atoms with Crippen molar-refractivity contribution in [3.8, 4) is 5.75 Å². The number of carbonyl (C=O) groups is 2. The average Bonchev–Trinajstić information content (AvgIpc) is 3.29. The van der Waals surface area contributed by atoms with E-state index in [4.69, 9.17) is 9.15 Å². The minimum atomic E-state index is -1.12. The van der Waals surface area contributed by atoms with E-state index in [0.29, 0.717) is 39.8 Å². The lowest BCUT2D eigenvalue weighted by Gasteiger charge is -2.12. The van der Waals surface area contributed by atoms with E-state index in [1.165, 1.54) is 6.26 Å². The topological polar surface area (TPSA) is 125 Å². The van der Waals surface area contributed by atoms with Crippen LogP contribution >= 0.6 is 0 Å². The standard InChI is InChI=1S/C26H27N3O6/c1-2-3-6-13-34-18-9-10-19-21(16-35-24(19)15-18)23(30)14-17(26(32)33)11-12-29-25(31)20-7-4-5-8-22(20)27-28-29/h4-5,7-10,15-17H,2-3,6,11-14H2,1H3,(H,32,33). The van der Waals surface area contributed by atoms with Crippen molar-refractivity contribution >= 4 is 33.6 Å². The minimum absolute atomic E-state index is 0.0335. The summed E-state index contributed by atoms with van der Waals surface area (Å²) in [4.78, 5) is 37.4. The van der Waals surface area contributed by atoms with Crippen molar-refractivity contribution in [3.05, 3.63) is 64.6 Å². The number of Topliss-reactive ketones (excluding diaryl/α,β-unsaturated/α-hetero) is 1. The molecule has 1 N–H and O–H groups in total. The number of aryl methyl sites for hydroxylation is 1. The zero-order valence-corrected chi connectivity index (χ0v) is 19.5. The Hall–Kier alpha value is -4.01. The molecule has 0 amide bonds. The van der Waals surface area contributed by atoms with Crippen LogP contribution in [-0.4, -0.2) is 38.5 Å². The summed E-state index contributed by atoms with van der Waals surface area (Å²) in [5.74, 6) is -1.79. The van der Waals surface area contributed by atoms with Crippen molar-refractivity contribution < 1.29 is 23.8 Å². The highest BCUT2D eigenvalue weighted by molar-refractivity contribution is 6.08. The molecule has 0 aliphatic rings. The smallest absolute Gasteiger partial charge is 0.307 e. The van der Waals surface area contributed by atoms with Gasteiger partial charge in [0.2, 0.25) is 0 Å². The van der Waals surface area contributed by atoms with E-state index >= 15 is 0 Å². The second-order valence-electron chi connectivity index (χ2n) is 8.45. The quantitative estimate of drug-likeness (QED) is 0.234. The third-order valence-electron chi connectivity index (χ3n) is 5.96. The molecule has 2 aromatic heterocycles. The Balaban J connectivity index is 1.44. The number of ketones is 1. The monoisotopic (exact) mass is 477 g/mol. The molecule has 2 heterocycles. The number of ether oxygens (including phenoxy) is 1. The summed E-state index contributed by atoms with van der Waals surface area (Å²) in [6.45, 7) is 2.77. The number of furan rings is 1. The van der Waals surface area contributed by atoms with E-state index in [-0.39, 0.29) is 30.7 Å². The van der Waals surface area contributed by atoms with Crippen molar-refractivity contribution in [1.82, 2.24) is 15.0 Å². The predicted octanol–water partition coefficient (Wildman–Crippen LogP) is 4.47. The first-order valence-corrected chi connectivity index (χ1v) is 11.7. The Morgan fingerprint density at radius 2 is 1.97 bits per heavy atom. The van der Waals surface area contributed by atoms with E-state index in [1.54, 1.807) is 42.5 Å². The molecule has 2 aromatic carbocycles. The maximum absolute atomic E-state index is 13.0. The minimum Gasteiger partial charge on any atom is -0.493 e. The number of aromatic nitrogens is 3. The zero-order valence-electron chi connectivity index (χ0n) is 19.5. The normalized spacial score (nSPS) is 12.1. The van der Waals surface area contributed by atoms with Crippen LogP contribution in [0.4, 0.5) is 0 Å². The van der Waals surface area contributed by atoms with Crippen molar-refractivity contribution in [1.29, 1.82) is 0 Å². The van der Waals surface area contributed by atoms with Crippen LogP contribution in [0.2, 0.25) is 0 Å². The van der Waals surface area contributed by atoms with Crippen LogP contribution in [0.5, 0.6) is 5.75 Å². The van der Waals surface area contributed by atoms with Gasteiger partial charge in [-0.3, -0.25) is 14.4 Å². The number of hydrogen-bond donors (Lipinski definition) is 1. The number of hydrogen-bond acceptors (Lipinski definition) is 7. The molecule has 0 bridgehead atoms. The lowest BCUT2D eigenvalue weighted by atomic mass is 9.95. The van der Waals surface area contributed by atoms with Crippen LogP contribution in [0.1, 0.15) is 49.4 Å². The van der Waals surface area contributed by atoms with Gasteiger partial charge in [0.1, 0.15) is 23.1 Å². The van der Waals surface area contributed by atoms with Gasteiger partial charge in [0, 0.05) is 24.4 Å².